The molecule has 0 bridgehead atoms. The normalized spacial score (nSPS) is 9.44. The van der Waals surface area contributed by atoms with Crippen molar-refractivity contribution in [2.45, 2.75) is 12.8 Å². The highest BCUT2D eigenvalue weighted by Gasteiger charge is 1.83. The van der Waals surface area contributed by atoms with Crippen LogP contribution in [0.25, 0.3) is 0 Å². The second kappa shape index (κ2) is 7.99. The molecule has 0 spiro atoms. The van der Waals surface area contributed by atoms with Crippen LogP contribution in [0, 0.1) is 0 Å². The standard InChI is InChI=1S/C7H14ClN/c1-2-6-9-7-4-3-5-8/h2,9H,1,3-7H2. The number of alkyl halides is 1. The molecule has 0 rings (SSSR count). The Morgan fingerprint density at radius 3 is 2.78 bits per heavy atom. The number of rotatable bonds is 6. The van der Waals surface area contributed by atoms with Crippen molar-refractivity contribution < 1.29 is 0 Å². The summed E-state index contributed by atoms with van der Waals surface area (Å²) in [6.07, 6.45) is 4.13. The minimum atomic E-state index is 0.774. The van der Waals surface area contributed by atoms with E-state index in [9.17, 15) is 0 Å². The molecule has 0 saturated heterocycles. The molecule has 0 aromatic heterocycles. The van der Waals surface area contributed by atoms with Crippen molar-refractivity contribution in [1.82, 2.24) is 5.32 Å². The predicted molar refractivity (Wildman–Crippen MR) is 43.0 cm³/mol. The molecule has 0 aliphatic rings. The van der Waals surface area contributed by atoms with Crippen LogP contribution in [-0.2, 0) is 0 Å². The molecular formula is C7H14ClN. The van der Waals surface area contributed by atoms with Gasteiger partial charge in [0.25, 0.3) is 0 Å². The predicted octanol–water partition coefficient (Wildman–Crippen LogP) is 1.78. The van der Waals surface area contributed by atoms with Gasteiger partial charge >= 0.3 is 0 Å². The van der Waals surface area contributed by atoms with Crippen LogP contribution in [0.15, 0.2) is 12.7 Å². The first-order valence-electron chi connectivity index (χ1n) is 3.29. The number of nitrogens with one attached hydrogen (secondary N) is 1. The Bertz CT molecular complexity index is 63.9. The second-order valence-electron chi connectivity index (χ2n) is 1.89. The van der Waals surface area contributed by atoms with Crippen molar-refractivity contribution in [3.8, 4) is 0 Å². The van der Waals surface area contributed by atoms with E-state index in [1.807, 2.05) is 6.08 Å². The summed E-state index contributed by atoms with van der Waals surface area (Å²) in [6.45, 7) is 5.55. The van der Waals surface area contributed by atoms with E-state index >= 15 is 0 Å². The van der Waals surface area contributed by atoms with E-state index < -0.39 is 0 Å². The minimum Gasteiger partial charge on any atom is -0.313 e. The molecule has 2 heteroatoms. The van der Waals surface area contributed by atoms with Crippen molar-refractivity contribution >= 4 is 11.6 Å². The lowest BCUT2D eigenvalue weighted by atomic mass is 10.3. The van der Waals surface area contributed by atoms with Gasteiger partial charge in [-0.15, -0.1) is 18.2 Å². The van der Waals surface area contributed by atoms with E-state index in [0.29, 0.717) is 0 Å². The molecule has 0 aromatic rings. The molecule has 0 saturated carbocycles. The average molecular weight is 148 g/mol. The number of halogens is 1. The van der Waals surface area contributed by atoms with E-state index in [1.54, 1.807) is 0 Å². The number of hydrogen-bond acceptors (Lipinski definition) is 1. The summed E-state index contributed by atoms with van der Waals surface area (Å²) in [5.74, 6) is 0.774. The fourth-order valence-corrected chi connectivity index (χ4v) is 0.738. The quantitative estimate of drug-likeness (QED) is 0.343. The fourth-order valence-electron chi connectivity index (χ4n) is 0.549. The van der Waals surface area contributed by atoms with Crippen LogP contribution in [0.4, 0.5) is 0 Å². The Morgan fingerprint density at radius 1 is 1.44 bits per heavy atom. The van der Waals surface area contributed by atoms with Crippen LogP contribution in [0.1, 0.15) is 12.8 Å². The van der Waals surface area contributed by atoms with Gasteiger partial charge in [-0.2, -0.15) is 0 Å². The molecule has 0 heterocycles. The molecule has 54 valence electrons. The summed E-state index contributed by atoms with van der Waals surface area (Å²) in [7, 11) is 0. The van der Waals surface area contributed by atoms with Gasteiger partial charge in [0.2, 0.25) is 0 Å². The molecule has 0 aliphatic carbocycles. The van der Waals surface area contributed by atoms with Gasteiger partial charge in [-0.1, -0.05) is 6.08 Å². The zero-order chi connectivity index (χ0) is 6.95. The Balaban J connectivity index is 2.66. The van der Waals surface area contributed by atoms with Gasteiger partial charge in [0.1, 0.15) is 0 Å². The molecule has 0 radical (unpaired) electrons. The molecule has 0 amide bonds. The van der Waals surface area contributed by atoms with Crippen molar-refractivity contribution in [1.29, 1.82) is 0 Å². The first-order chi connectivity index (χ1) is 4.41. The minimum absolute atomic E-state index is 0.774. The van der Waals surface area contributed by atoms with Crippen LogP contribution < -0.4 is 5.32 Å². The molecule has 1 N–H and O–H groups in total. The largest absolute Gasteiger partial charge is 0.313 e. The highest BCUT2D eigenvalue weighted by Crippen LogP contribution is 1.88. The van der Waals surface area contributed by atoms with Crippen LogP contribution in [-0.4, -0.2) is 19.0 Å². The van der Waals surface area contributed by atoms with E-state index in [4.69, 9.17) is 11.6 Å². The number of unbranched alkanes of at least 4 members (excludes halogenated alkanes) is 1. The van der Waals surface area contributed by atoms with Gasteiger partial charge in [-0.3, -0.25) is 0 Å². The smallest absolute Gasteiger partial charge is 0.0223 e. The lowest BCUT2D eigenvalue weighted by molar-refractivity contribution is 0.684. The van der Waals surface area contributed by atoms with Gasteiger partial charge in [0, 0.05) is 12.4 Å². The number of hydrogen-bond donors (Lipinski definition) is 1. The van der Waals surface area contributed by atoms with E-state index in [2.05, 4.69) is 11.9 Å². The highest BCUT2D eigenvalue weighted by molar-refractivity contribution is 6.17. The summed E-state index contributed by atoms with van der Waals surface area (Å²) in [5.41, 5.74) is 0. The van der Waals surface area contributed by atoms with Gasteiger partial charge < -0.3 is 5.32 Å². The maximum Gasteiger partial charge on any atom is 0.0223 e. The summed E-state index contributed by atoms with van der Waals surface area (Å²) >= 11 is 5.47. The molecule has 9 heavy (non-hydrogen) atoms. The Kier molecular flexibility index (Phi) is 7.98. The molecule has 0 fully saturated rings. The maximum atomic E-state index is 5.47. The zero-order valence-corrected chi connectivity index (χ0v) is 6.45. The topological polar surface area (TPSA) is 12.0 Å². The summed E-state index contributed by atoms with van der Waals surface area (Å²) in [4.78, 5) is 0. The molecule has 0 aliphatic heterocycles. The monoisotopic (exact) mass is 147 g/mol. The van der Waals surface area contributed by atoms with Crippen LogP contribution in [0.5, 0.6) is 0 Å². The third kappa shape index (κ3) is 7.99. The van der Waals surface area contributed by atoms with Gasteiger partial charge in [-0.05, 0) is 19.4 Å². The average Bonchev–Trinajstić information content (AvgIpc) is 1.89. The van der Waals surface area contributed by atoms with Crippen LogP contribution in [0.2, 0.25) is 0 Å². The summed E-state index contributed by atoms with van der Waals surface area (Å²) < 4.78 is 0. The Hall–Kier alpha value is -0.0100. The van der Waals surface area contributed by atoms with Crippen molar-refractivity contribution in [3.05, 3.63) is 12.7 Å². The third-order valence-electron chi connectivity index (χ3n) is 1.03. The molecule has 0 aromatic carbocycles. The van der Waals surface area contributed by atoms with Crippen LogP contribution in [0.3, 0.4) is 0 Å². The second-order valence-corrected chi connectivity index (χ2v) is 2.27. The summed E-state index contributed by atoms with van der Waals surface area (Å²) in [5, 5.41) is 3.19. The van der Waals surface area contributed by atoms with E-state index in [0.717, 1.165) is 31.8 Å². The zero-order valence-electron chi connectivity index (χ0n) is 5.70. The van der Waals surface area contributed by atoms with Crippen LogP contribution >= 0.6 is 11.6 Å². The first-order valence-corrected chi connectivity index (χ1v) is 3.83. The lowest BCUT2D eigenvalue weighted by Gasteiger charge is -1.97. The van der Waals surface area contributed by atoms with Crippen molar-refractivity contribution in [2.24, 2.45) is 0 Å². The Labute approximate surface area is 62.1 Å². The first kappa shape index (κ1) is 8.99. The molecular weight excluding hydrogens is 134 g/mol. The van der Waals surface area contributed by atoms with E-state index in [1.165, 1.54) is 0 Å². The van der Waals surface area contributed by atoms with Crippen molar-refractivity contribution in [3.63, 3.8) is 0 Å². The lowest BCUT2D eigenvalue weighted by Crippen LogP contribution is -2.14. The van der Waals surface area contributed by atoms with E-state index in [-0.39, 0.29) is 0 Å². The third-order valence-corrected chi connectivity index (χ3v) is 1.29. The fraction of sp³-hybridized carbons (Fsp3) is 0.714. The van der Waals surface area contributed by atoms with Gasteiger partial charge in [0.05, 0.1) is 0 Å². The van der Waals surface area contributed by atoms with Gasteiger partial charge in [-0.25, -0.2) is 0 Å². The SMILES string of the molecule is C=CCNCCCCCl. The Morgan fingerprint density at radius 2 is 2.22 bits per heavy atom. The molecule has 1 nitrogen and oxygen atoms in total. The highest BCUT2D eigenvalue weighted by atomic mass is 35.5. The van der Waals surface area contributed by atoms with Gasteiger partial charge in [0.15, 0.2) is 0 Å². The summed E-state index contributed by atoms with van der Waals surface area (Å²) in [6, 6.07) is 0. The maximum absolute atomic E-state index is 5.47. The molecule has 0 atom stereocenters. The molecule has 0 unspecified atom stereocenters. The van der Waals surface area contributed by atoms with Crippen molar-refractivity contribution in [2.75, 3.05) is 19.0 Å².